The molecule has 0 atom stereocenters. The number of alkyl carbamates (subject to hydrolysis) is 1. The van der Waals surface area contributed by atoms with E-state index < -0.39 is 11.7 Å². The van der Waals surface area contributed by atoms with Gasteiger partial charge >= 0.3 is 12.1 Å². The SMILES string of the molecule is Cc1cc(C(=O)OCCOCCNC(=O)OC(C)(C)C)ccc1NC1CCCCC1. The lowest BCUT2D eigenvalue weighted by molar-refractivity contribution is 0.0308. The largest absolute Gasteiger partial charge is 0.460 e. The lowest BCUT2D eigenvalue weighted by Gasteiger charge is -2.24. The van der Waals surface area contributed by atoms with Gasteiger partial charge in [0.15, 0.2) is 0 Å². The van der Waals surface area contributed by atoms with Crippen molar-refractivity contribution in [2.24, 2.45) is 0 Å². The van der Waals surface area contributed by atoms with Crippen LogP contribution in [0.15, 0.2) is 18.2 Å². The van der Waals surface area contributed by atoms with Gasteiger partial charge in [0.05, 0.1) is 18.8 Å². The Balaban J connectivity index is 1.62. The van der Waals surface area contributed by atoms with Gasteiger partial charge < -0.3 is 24.8 Å². The third-order valence-corrected chi connectivity index (χ3v) is 4.80. The maximum Gasteiger partial charge on any atom is 0.407 e. The Morgan fingerprint density at radius 2 is 1.80 bits per heavy atom. The summed E-state index contributed by atoms with van der Waals surface area (Å²) in [5.74, 6) is -0.363. The predicted molar refractivity (Wildman–Crippen MR) is 117 cm³/mol. The van der Waals surface area contributed by atoms with E-state index in [0.29, 0.717) is 24.8 Å². The summed E-state index contributed by atoms with van der Waals surface area (Å²) in [4.78, 5) is 23.7. The molecule has 7 nitrogen and oxygen atoms in total. The molecule has 0 aliphatic heterocycles. The van der Waals surface area contributed by atoms with E-state index in [2.05, 4.69) is 10.6 Å². The lowest BCUT2D eigenvalue weighted by Crippen LogP contribution is -2.34. The summed E-state index contributed by atoms with van der Waals surface area (Å²) in [7, 11) is 0. The van der Waals surface area contributed by atoms with Crippen LogP contribution < -0.4 is 10.6 Å². The van der Waals surface area contributed by atoms with Gasteiger partial charge in [-0.05, 0) is 64.3 Å². The van der Waals surface area contributed by atoms with Gasteiger partial charge in [0.1, 0.15) is 12.2 Å². The first-order valence-corrected chi connectivity index (χ1v) is 10.8. The molecule has 1 saturated carbocycles. The maximum absolute atomic E-state index is 12.2. The number of hydrogen-bond donors (Lipinski definition) is 2. The van der Waals surface area contributed by atoms with Crippen LogP contribution in [-0.2, 0) is 14.2 Å². The summed E-state index contributed by atoms with van der Waals surface area (Å²) < 4.78 is 15.8. The molecular formula is C23H36N2O5. The van der Waals surface area contributed by atoms with Crippen LogP contribution in [0.4, 0.5) is 10.5 Å². The van der Waals surface area contributed by atoms with Crippen molar-refractivity contribution in [2.75, 3.05) is 31.7 Å². The van der Waals surface area contributed by atoms with Gasteiger partial charge in [-0.1, -0.05) is 19.3 Å². The van der Waals surface area contributed by atoms with Crippen LogP contribution in [-0.4, -0.2) is 50.1 Å². The normalized spacial score (nSPS) is 14.8. The highest BCUT2D eigenvalue weighted by molar-refractivity contribution is 5.90. The first-order valence-electron chi connectivity index (χ1n) is 10.8. The van der Waals surface area contributed by atoms with Crippen LogP contribution in [0.25, 0.3) is 0 Å². The minimum atomic E-state index is -0.526. The molecule has 0 bridgehead atoms. The molecule has 0 saturated heterocycles. The molecule has 1 fully saturated rings. The van der Waals surface area contributed by atoms with Crippen molar-refractivity contribution in [1.29, 1.82) is 0 Å². The Morgan fingerprint density at radius 1 is 1.07 bits per heavy atom. The monoisotopic (exact) mass is 420 g/mol. The zero-order valence-corrected chi connectivity index (χ0v) is 18.7. The second-order valence-electron chi connectivity index (χ2n) is 8.69. The molecule has 0 spiro atoms. The van der Waals surface area contributed by atoms with E-state index in [1.54, 1.807) is 26.8 Å². The van der Waals surface area contributed by atoms with E-state index in [1.165, 1.54) is 32.1 Å². The molecule has 0 unspecified atom stereocenters. The highest BCUT2D eigenvalue weighted by Gasteiger charge is 2.16. The van der Waals surface area contributed by atoms with Crippen LogP contribution in [0, 0.1) is 6.92 Å². The zero-order valence-electron chi connectivity index (χ0n) is 18.7. The molecule has 168 valence electrons. The van der Waals surface area contributed by atoms with Gasteiger partial charge in [-0.3, -0.25) is 0 Å². The van der Waals surface area contributed by atoms with Crippen molar-refractivity contribution in [3.05, 3.63) is 29.3 Å². The van der Waals surface area contributed by atoms with Crippen LogP contribution in [0.1, 0.15) is 68.8 Å². The van der Waals surface area contributed by atoms with Crippen LogP contribution >= 0.6 is 0 Å². The average molecular weight is 421 g/mol. The summed E-state index contributed by atoms with van der Waals surface area (Å²) in [5.41, 5.74) is 2.13. The van der Waals surface area contributed by atoms with Gasteiger partial charge in [0.2, 0.25) is 0 Å². The fraction of sp³-hybridized carbons (Fsp3) is 0.652. The molecule has 1 aliphatic carbocycles. The van der Waals surface area contributed by atoms with Gasteiger partial charge in [0, 0.05) is 18.3 Å². The molecule has 0 aromatic heterocycles. The Labute approximate surface area is 179 Å². The van der Waals surface area contributed by atoms with E-state index in [1.807, 2.05) is 19.1 Å². The fourth-order valence-electron chi connectivity index (χ4n) is 3.34. The molecule has 1 aromatic rings. The summed E-state index contributed by atoms with van der Waals surface area (Å²) in [6.07, 6.45) is 5.81. The number of aryl methyl sites for hydroxylation is 1. The number of esters is 1. The standard InChI is InChI=1S/C23H36N2O5/c1-17-16-18(10-11-20(17)25-19-8-6-5-7-9-19)21(26)29-15-14-28-13-12-24-22(27)30-23(2,3)4/h10-11,16,19,25H,5-9,12-15H2,1-4H3,(H,24,27). The molecule has 7 heteroatoms. The summed E-state index contributed by atoms with van der Waals surface area (Å²) in [5, 5.41) is 6.20. The van der Waals surface area contributed by atoms with Crippen LogP contribution in [0.5, 0.6) is 0 Å². The summed E-state index contributed by atoms with van der Waals surface area (Å²) in [6.45, 7) is 8.49. The Hall–Kier alpha value is -2.28. The lowest BCUT2D eigenvalue weighted by atomic mass is 9.95. The van der Waals surface area contributed by atoms with Crippen molar-refractivity contribution in [3.8, 4) is 0 Å². The summed E-state index contributed by atoms with van der Waals surface area (Å²) >= 11 is 0. The number of hydrogen-bond acceptors (Lipinski definition) is 6. The number of amides is 1. The van der Waals surface area contributed by atoms with E-state index in [4.69, 9.17) is 14.2 Å². The highest BCUT2D eigenvalue weighted by Crippen LogP contribution is 2.24. The van der Waals surface area contributed by atoms with Crippen LogP contribution in [0.2, 0.25) is 0 Å². The molecule has 2 rings (SSSR count). The molecule has 0 heterocycles. The number of carbonyl (C=O) groups excluding carboxylic acids is 2. The Morgan fingerprint density at radius 3 is 2.47 bits per heavy atom. The first-order chi connectivity index (χ1) is 14.2. The number of carbonyl (C=O) groups is 2. The summed E-state index contributed by atoms with van der Waals surface area (Å²) in [6, 6.07) is 6.14. The van der Waals surface area contributed by atoms with Crippen molar-refractivity contribution < 1.29 is 23.8 Å². The second-order valence-corrected chi connectivity index (χ2v) is 8.69. The molecule has 1 amide bonds. The van der Waals surface area contributed by atoms with E-state index in [-0.39, 0.29) is 19.2 Å². The van der Waals surface area contributed by atoms with E-state index in [9.17, 15) is 9.59 Å². The van der Waals surface area contributed by atoms with Gasteiger partial charge in [-0.25, -0.2) is 9.59 Å². The first kappa shape index (κ1) is 24.0. The molecule has 2 N–H and O–H groups in total. The van der Waals surface area contributed by atoms with Crippen molar-refractivity contribution in [3.63, 3.8) is 0 Å². The quantitative estimate of drug-likeness (QED) is 0.454. The number of nitrogens with one attached hydrogen (secondary N) is 2. The molecule has 1 aromatic carbocycles. The fourth-order valence-corrected chi connectivity index (χ4v) is 3.34. The molecule has 0 radical (unpaired) electrons. The second kappa shape index (κ2) is 11.8. The van der Waals surface area contributed by atoms with Crippen molar-refractivity contribution in [1.82, 2.24) is 5.32 Å². The molecular weight excluding hydrogens is 384 g/mol. The predicted octanol–water partition coefficient (Wildman–Crippen LogP) is 4.44. The Bertz CT molecular complexity index is 693. The topological polar surface area (TPSA) is 85.9 Å². The number of anilines is 1. The number of benzene rings is 1. The van der Waals surface area contributed by atoms with Gasteiger partial charge in [-0.15, -0.1) is 0 Å². The van der Waals surface area contributed by atoms with Gasteiger partial charge in [-0.2, -0.15) is 0 Å². The average Bonchev–Trinajstić information content (AvgIpc) is 2.68. The minimum absolute atomic E-state index is 0.159. The number of ether oxygens (including phenoxy) is 3. The molecule has 1 aliphatic rings. The van der Waals surface area contributed by atoms with E-state index >= 15 is 0 Å². The highest BCUT2D eigenvalue weighted by atomic mass is 16.6. The maximum atomic E-state index is 12.2. The van der Waals surface area contributed by atoms with Crippen molar-refractivity contribution >= 4 is 17.7 Å². The van der Waals surface area contributed by atoms with Gasteiger partial charge in [0.25, 0.3) is 0 Å². The Kier molecular flexibility index (Phi) is 9.43. The number of rotatable bonds is 9. The minimum Gasteiger partial charge on any atom is -0.460 e. The van der Waals surface area contributed by atoms with Crippen molar-refractivity contribution in [2.45, 2.75) is 71.4 Å². The zero-order chi connectivity index (χ0) is 22.0. The smallest absolute Gasteiger partial charge is 0.407 e. The third kappa shape index (κ3) is 9.03. The van der Waals surface area contributed by atoms with E-state index in [0.717, 1.165) is 11.3 Å². The molecule has 30 heavy (non-hydrogen) atoms. The van der Waals surface area contributed by atoms with Crippen LogP contribution in [0.3, 0.4) is 0 Å². The third-order valence-electron chi connectivity index (χ3n) is 4.80.